The van der Waals surface area contributed by atoms with Gasteiger partial charge in [-0.25, -0.2) is 0 Å². The molecule has 1 rings (SSSR count). The van der Waals surface area contributed by atoms with E-state index in [1.165, 1.54) is 12.8 Å². The lowest BCUT2D eigenvalue weighted by atomic mass is 9.85. The third-order valence-electron chi connectivity index (χ3n) is 3.12. The summed E-state index contributed by atoms with van der Waals surface area (Å²) in [5, 5.41) is 0. The Bertz CT molecular complexity index is 181. The van der Waals surface area contributed by atoms with Gasteiger partial charge in [-0.1, -0.05) is 13.8 Å². The van der Waals surface area contributed by atoms with Crippen molar-refractivity contribution in [2.45, 2.75) is 52.6 Å². The Labute approximate surface area is 87.0 Å². The SMILES string of the molecule is CC(=O)C(CC1CCCCO1)C(C)C. The Morgan fingerprint density at radius 2 is 2.14 bits per heavy atom. The van der Waals surface area contributed by atoms with E-state index in [1.54, 1.807) is 6.92 Å². The molecule has 1 heterocycles. The summed E-state index contributed by atoms with van der Waals surface area (Å²) in [5.74, 6) is 0.949. The molecule has 0 aliphatic carbocycles. The van der Waals surface area contributed by atoms with E-state index in [0.717, 1.165) is 19.4 Å². The van der Waals surface area contributed by atoms with Gasteiger partial charge >= 0.3 is 0 Å². The van der Waals surface area contributed by atoms with Crippen molar-refractivity contribution in [3.05, 3.63) is 0 Å². The molecule has 0 spiro atoms. The van der Waals surface area contributed by atoms with Gasteiger partial charge in [-0.15, -0.1) is 0 Å². The molecule has 2 unspecified atom stereocenters. The van der Waals surface area contributed by atoms with E-state index in [9.17, 15) is 4.79 Å². The number of hydrogen-bond acceptors (Lipinski definition) is 2. The first-order valence-corrected chi connectivity index (χ1v) is 5.73. The van der Waals surface area contributed by atoms with Crippen molar-refractivity contribution >= 4 is 5.78 Å². The summed E-state index contributed by atoms with van der Waals surface area (Å²) < 4.78 is 5.66. The maximum Gasteiger partial charge on any atom is 0.133 e. The molecule has 2 nitrogen and oxygen atoms in total. The van der Waals surface area contributed by atoms with Crippen LogP contribution in [-0.4, -0.2) is 18.5 Å². The molecular weight excluding hydrogens is 176 g/mol. The van der Waals surface area contributed by atoms with Crippen molar-refractivity contribution in [3.8, 4) is 0 Å². The topological polar surface area (TPSA) is 26.3 Å². The van der Waals surface area contributed by atoms with Crippen LogP contribution < -0.4 is 0 Å². The summed E-state index contributed by atoms with van der Waals surface area (Å²) in [7, 11) is 0. The minimum absolute atomic E-state index is 0.193. The highest BCUT2D eigenvalue weighted by atomic mass is 16.5. The van der Waals surface area contributed by atoms with E-state index in [4.69, 9.17) is 4.74 Å². The Hall–Kier alpha value is -0.370. The van der Waals surface area contributed by atoms with E-state index in [0.29, 0.717) is 17.8 Å². The number of ketones is 1. The van der Waals surface area contributed by atoms with Gasteiger partial charge in [0.2, 0.25) is 0 Å². The average molecular weight is 198 g/mol. The largest absolute Gasteiger partial charge is 0.378 e. The van der Waals surface area contributed by atoms with Gasteiger partial charge in [0.15, 0.2) is 0 Å². The van der Waals surface area contributed by atoms with E-state index in [1.807, 2.05) is 0 Å². The molecule has 0 amide bonds. The molecule has 1 saturated heterocycles. The molecule has 0 saturated carbocycles. The Morgan fingerprint density at radius 1 is 1.43 bits per heavy atom. The molecule has 2 atom stereocenters. The first-order chi connectivity index (χ1) is 6.61. The lowest BCUT2D eigenvalue weighted by molar-refractivity contribution is -0.124. The van der Waals surface area contributed by atoms with E-state index in [-0.39, 0.29) is 5.92 Å². The smallest absolute Gasteiger partial charge is 0.133 e. The first-order valence-electron chi connectivity index (χ1n) is 5.73. The molecule has 0 bridgehead atoms. The summed E-state index contributed by atoms with van der Waals surface area (Å²) in [6.45, 7) is 6.82. The number of carbonyl (C=O) groups is 1. The van der Waals surface area contributed by atoms with Gasteiger partial charge in [0.05, 0.1) is 6.10 Å². The van der Waals surface area contributed by atoms with Crippen LogP contribution >= 0.6 is 0 Å². The quantitative estimate of drug-likeness (QED) is 0.694. The maximum absolute atomic E-state index is 11.4. The second-order valence-electron chi connectivity index (χ2n) is 4.69. The van der Waals surface area contributed by atoms with Crippen LogP contribution in [0.15, 0.2) is 0 Å². The molecule has 1 fully saturated rings. The standard InChI is InChI=1S/C12H22O2/c1-9(2)12(10(3)13)8-11-6-4-5-7-14-11/h9,11-12H,4-8H2,1-3H3. The molecule has 0 radical (unpaired) electrons. The molecule has 0 aromatic rings. The fourth-order valence-electron chi connectivity index (χ4n) is 2.18. The highest BCUT2D eigenvalue weighted by Gasteiger charge is 2.24. The van der Waals surface area contributed by atoms with Crippen molar-refractivity contribution in [1.29, 1.82) is 0 Å². The number of carbonyl (C=O) groups excluding carboxylic acids is 1. The molecule has 14 heavy (non-hydrogen) atoms. The molecule has 0 aromatic heterocycles. The number of hydrogen-bond donors (Lipinski definition) is 0. The van der Waals surface area contributed by atoms with Crippen LogP contribution in [0.25, 0.3) is 0 Å². The Morgan fingerprint density at radius 3 is 2.57 bits per heavy atom. The lowest BCUT2D eigenvalue weighted by Gasteiger charge is -2.27. The Kier molecular flexibility index (Phi) is 4.59. The second kappa shape index (κ2) is 5.50. The van der Waals surface area contributed by atoms with Crippen molar-refractivity contribution in [2.75, 3.05) is 6.61 Å². The van der Waals surface area contributed by atoms with Crippen molar-refractivity contribution in [2.24, 2.45) is 11.8 Å². The summed E-state index contributed by atoms with van der Waals surface area (Å²) in [6.07, 6.45) is 4.83. The van der Waals surface area contributed by atoms with Gasteiger partial charge in [-0.2, -0.15) is 0 Å². The van der Waals surface area contributed by atoms with E-state index in [2.05, 4.69) is 13.8 Å². The predicted octanol–water partition coefficient (Wildman–Crippen LogP) is 2.81. The van der Waals surface area contributed by atoms with Crippen molar-refractivity contribution in [3.63, 3.8) is 0 Å². The van der Waals surface area contributed by atoms with E-state index >= 15 is 0 Å². The molecule has 2 heteroatoms. The van der Waals surface area contributed by atoms with Gasteiger partial charge in [0.25, 0.3) is 0 Å². The normalized spacial score (nSPS) is 25.0. The highest BCUT2D eigenvalue weighted by molar-refractivity contribution is 5.78. The van der Waals surface area contributed by atoms with Gasteiger partial charge < -0.3 is 4.74 Å². The average Bonchev–Trinajstić information content (AvgIpc) is 2.15. The number of ether oxygens (including phenoxy) is 1. The van der Waals surface area contributed by atoms with Gasteiger partial charge in [-0.05, 0) is 38.5 Å². The summed E-state index contributed by atoms with van der Waals surface area (Å²) in [5.41, 5.74) is 0. The fraction of sp³-hybridized carbons (Fsp3) is 0.917. The molecule has 1 aliphatic heterocycles. The number of rotatable bonds is 4. The van der Waals surface area contributed by atoms with Crippen LogP contribution in [0.4, 0.5) is 0 Å². The van der Waals surface area contributed by atoms with Crippen molar-refractivity contribution < 1.29 is 9.53 Å². The van der Waals surface area contributed by atoms with Crippen LogP contribution in [0.5, 0.6) is 0 Å². The monoisotopic (exact) mass is 198 g/mol. The molecule has 0 N–H and O–H groups in total. The highest BCUT2D eigenvalue weighted by Crippen LogP contribution is 2.24. The molecule has 1 aliphatic rings. The third kappa shape index (κ3) is 3.41. The lowest BCUT2D eigenvalue weighted by Crippen LogP contribution is -2.27. The maximum atomic E-state index is 11.4. The van der Waals surface area contributed by atoms with Crippen LogP contribution in [0.3, 0.4) is 0 Å². The molecule has 82 valence electrons. The Balaban J connectivity index is 2.41. The first kappa shape index (κ1) is 11.7. The van der Waals surface area contributed by atoms with Gasteiger partial charge in [-0.3, -0.25) is 4.79 Å². The zero-order chi connectivity index (χ0) is 10.6. The minimum atomic E-state index is 0.193. The van der Waals surface area contributed by atoms with Crippen LogP contribution in [0, 0.1) is 11.8 Å². The summed E-state index contributed by atoms with van der Waals surface area (Å²) >= 11 is 0. The fourth-order valence-corrected chi connectivity index (χ4v) is 2.18. The number of Topliss-reactive ketones (excluding diaryl/α,β-unsaturated/α-hetero) is 1. The van der Waals surface area contributed by atoms with Gasteiger partial charge in [0.1, 0.15) is 5.78 Å². The molecular formula is C12H22O2. The summed E-state index contributed by atoms with van der Waals surface area (Å²) in [6, 6.07) is 0. The predicted molar refractivity (Wildman–Crippen MR) is 57.2 cm³/mol. The zero-order valence-electron chi connectivity index (χ0n) is 9.58. The van der Waals surface area contributed by atoms with Crippen LogP contribution in [-0.2, 0) is 9.53 Å². The molecule has 0 aromatic carbocycles. The van der Waals surface area contributed by atoms with Crippen molar-refractivity contribution in [1.82, 2.24) is 0 Å². The van der Waals surface area contributed by atoms with Crippen LogP contribution in [0.2, 0.25) is 0 Å². The minimum Gasteiger partial charge on any atom is -0.378 e. The van der Waals surface area contributed by atoms with E-state index < -0.39 is 0 Å². The van der Waals surface area contributed by atoms with Crippen LogP contribution in [0.1, 0.15) is 46.5 Å². The zero-order valence-corrected chi connectivity index (χ0v) is 9.58. The third-order valence-corrected chi connectivity index (χ3v) is 3.12. The van der Waals surface area contributed by atoms with Gasteiger partial charge in [0, 0.05) is 12.5 Å². The second-order valence-corrected chi connectivity index (χ2v) is 4.69. The summed E-state index contributed by atoms with van der Waals surface area (Å²) in [4.78, 5) is 11.4.